The minimum absolute atomic E-state index is 0.00422. The molecule has 0 aliphatic carbocycles. The number of carbonyl (C=O) groups is 1. The van der Waals surface area contributed by atoms with Gasteiger partial charge in [-0.2, -0.15) is 0 Å². The number of unbranched alkanes of at least 4 members (excludes halogenated alkanes) is 1. The van der Waals surface area contributed by atoms with Gasteiger partial charge in [-0.3, -0.25) is 15.2 Å². The van der Waals surface area contributed by atoms with Crippen molar-refractivity contribution in [1.82, 2.24) is 9.99 Å². The van der Waals surface area contributed by atoms with Crippen LogP contribution in [0.15, 0.2) is 36.4 Å². The lowest BCUT2D eigenvalue weighted by Crippen LogP contribution is -2.33. The Kier molecular flexibility index (Phi) is 6.62. The molecule has 0 radical (unpaired) electrons. The number of nitrogens with one attached hydrogen (secondary N) is 2. The van der Waals surface area contributed by atoms with Gasteiger partial charge in [0.15, 0.2) is 5.84 Å². The van der Waals surface area contributed by atoms with E-state index in [2.05, 4.69) is 10.3 Å². The molecule has 2 rings (SSSR count). The predicted molar refractivity (Wildman–Crippen MR) is 97.8 cm³/mol. The van der Waals surface area contributed by atoms with Crippen molar-refractivity contribution in [1.29, 1.82) is 5.41 Å². The third kappa shape index (κ3) is 5.00. The van der Waals surface area contributed by atoms with Gasteiger partial charge in [-0.05, 0) is 36.8 Å². The van der Waals surface area contributed by atoms with Gasteiger partial charge in [0.1, 0.15) is 23.1 Å². The summed E-state index contributed by atoms with van der Waals surface area (Å²) in [4.78, 5) is 16.7. The maximum atomic E-state index is 13.6. The molecule has 1 heterocycles. The van der Waals surface area contributed by atoms with Crippen LogP contribution in [-0.4, -0.2) is 35.4 Å². The van der Waals surface area contributed by atoms with E-state index in [0.717, 1.165) is 23.9 Å². The quantitative estimate of drug-likeness (QED) is 0.232. The topological polar surface area (TPSA) is 104 Å². The number of carbonyl (C=O) groups excluding carboxylic acids is 1. The van der Waals surface area contributed by atoms with E-state index in [-0.39, 0.29) is 17.2 Å². The van der Waals surface area contributed by atoms with Gasteiger partial charge in [-0.15, -0.1) is 0 Å². The summed E-state index contributed by atoms with van der Waals surface area (Å²) in [6, 6.07) is 8.61. The molecule has 0 fully saturated rings. The Labute approximate surface area is 151 Å². The van der Waals surface area contributed by atoms with Gasteiger partial charge in [0.05, 0.1) is 12.2 Å². The van der Waals surface area contributed by atoms with E-state index in [4.69, 9.17) is 16.0 Å². The maximum Gasteiger partial charge on any atom is 0.260 e. The molecule has 138 valence electrons. The van der Waals surface area contributed by atoms with Gasteiger partial charge in [-0.25, -0.2) is 15.2 Å². The molecule has 4 N–H and O–H groups in total. The lowest BCUT2D eigenvalue weighted by atomic mass is 10.1. The van der Waals surface area contributed by atoms with Gasteiger partial charge >= 0.3 is 0 Å². The highest BCUT2D eigenvalue weighted by Gasteiger charge is 2.16. The Morgan fingerprint density at radius 2 is 2.15 bits per heavy atom. The average molecular weight is 359 g/mol. The van der Waals surface area contributed by atoms with Crippen molar-refractivity contribution in [3.8, 4) is 5.75 Å². The summed E-state index contributed by atoms with van der Waals surface area (Å²) in [5.74, 6) is 4.97. The number of rotatable bonds is 7. The molecule has 8 heteroatoms. The van der Waals surface area contributed by atoms with E-state index in [1.165, 1.54) is 19.2 Å². The first-order chi connectivity index (χ1) is 12.4. The zero-order valence-corrected chi connectivity index (χ0v) is 14.8. The Balaban J connectivity index is 2.21. The van der Waals surface area contributed by atoms with Crippen LogP contribution in [0.25, 0.3) is 0 Å². The molecule has 0 atom stereocenters. The normalized spacial score (nSPS) is 10.3. The maximum absolute atomic E-state index is 13.6. The number of hydrogen-bond donors (Lipinski definition) is 3. The number of halogens is 1. The number of pyridine rings is 1. The molecule has 0 spiro atoms. The fraction of sp³-hybridized carbons (Fsp3) is 0.278. The van der Waals surface area contributed by atoms with E-state index in [0.29, 0.717) is 18.1 Å². The number of amidine groups is 1. The van der Waals surface area contributed by atoms with Crippen LogP contribution in [0.1, 0.15) is 35.8 Å². The highest BCUT2D eigenvalue weighted by atomic mass is 19.1. The number of nitrogens with zero attached hydrogens (tertiary/aromatic N) is 2. The van der Waals surface area contributed by atoms with Crippen LogP contribution in [0.4, 0.5) is 10.2 Å². The van der Waals surface area contributed by atoms with Crippen molar-refractivity contribution in [3.63, 3.8) is 0 Å². The highest BCUT2D eigenvalue weighted by molar-refractivity contribution is 6.06. The Morgan fingerprint density at radius 3 is 2.85 bits per heavy atom. The number of ether oxygens (including phenoxy) is 1. The van der Waals surface area contributed by atoms with Gasteiger partial charge in [-0.1, -0.05) is 19.4 Å². The van der Waals surface area contributed by atoms with E-state index in [1.807, 2.05) is 6.92 Å². The molecule has 7 nitrogen and oxygen atoms in total. The van der Waals surface area contributed by atoms with Crippen LogP contribution >= 0.6 is 0 Å². The van der Waals surface area contributed by atoms with Crippen LogP contribution in [0.3, 0.4) is 0 Å². The largest absolute Gasteiger partial charge is 0.493 e. The number of aromatic nitrogens is 1. The lowest BCUT2D eigenvalue weighted by Gasteiger charge is -2.14. The number of nitrogens with two attached hydrogens (primary N) is 1. The Morgan fingerprint density at radius 1 is 1.38 bits per heavy atom. The smallest absolute Gasteiger partial charge is 0.260 e. The molecule has 0 aliphatic rings. The first-order valence-electron chi connectivity index (χ1n) is 8.20. The van der Waals surface area contributed by atoms with Gasteiger partial charge in [0.25, 0.3) is 5.91 Å². The average Bonchev–Trinajstić information content (AvgIpc) is 2.62. The van der Waals surface area contributed by atoms with Crippen LogP contribution in [0.5, 0.6) is 5.75 Å². The number of hydrazine groups is 1. The van der Waals surface area contributed by atoms with Crippen LogP contribution in [0.2, 0.25) is 0 Å². The minimum Gasteiger partial charge on any atom is -0.493 e. The number of hydrogen-bond acceptors (Lipinski definition) is 5. The number of amides is 1. The van der Waals surface area contributed by atoms with Crippen molar-refractivity contribution in [2.24, 2.45) is 5.84 Å². The van der Waals surface area contributed by atoms with Crippen LogP contribution < -0.4 is 15.9 Å². The lowest BCUT2D eigenvalue weighted by molar-refractivity contribution is 0.102. The Bertz CT molecular complexity index is 795. The SMILES string of the molecule is CCCCOc1ccc(F)cc1C(=O)Nc1cccc(C(=N)N(C)N)n1. The van der Waals surface area contributed by atoms with E-state index < -0.39 is 11.7 Å². The molecular formula is C18H22FN5O2. The molecule has 1 aromatic heterocycles. The molecule has 0 saturated carbocycles. The third-order valence-electron chi connectivity index (χ3n) is 3.53. The molecular weight excluding hydrogens is 337 g/mol. The fourth-order valence-electron chi connectivity index (χ4n) is 2.13. The summed E-state index contributed by atoms with van der Waals surface area (Å²) in [5, 5.41) is 11.5. The molecule has 1 amide bonds. The van der Waals surface area contributed by atoms with Crippen molar-refractivity contribution >= 4 is 17.6 Å². The van der Waals surface area contributed by atoms with Crippen molar-refractivity contribution in [2.45, 2.75) is 19.8 Å². The van der Waals surface area contributed by atoms with Gasteiger partial charge in [0, 0.05) is 7.05 Å². The van der Waals surface area contributed by atoms with Crippen LogP contribution in [-0.2, 0) is 0 Å². The zero-order chi connectivity index (χ0) is 19.1. The molecule has 0 aliphatic heterocycles. The molecule has 1 aromatic carbocycles. The second-order valence-electron chi connectivity index (χ2n) is 5.66. The van der Waals surface area contributed by atoms with Crippen molar-refractivity contribution < 1.29 is 13.9 Å². The van der Waals surface area contributed by atoms with E-state index in [1.54, 1.807) is 18.2 Å². The van der Waals surface area contributed by atoms with E-state index in [9.17, 15) is 9.18 Å². The van der Waals surface area contributed by atoms with Crippen molar-refractivity contribution in [3.05, 3.63) is 53.5 Å². The summed E-state index contributed by atoms with van der Waals surface area (Å²) in [7, 11) is 1.52. The summed E-state index contributed by atoms with van der Waals surface area (Å²) in [6.45, 7) is 2.47. The number of anilines is 1. The molecule has 0 bridgehead atoms. The fourth-order valence-corrected chi connectivity index (χ4v) is 2.13. The van der Waals surface area contributed by atoms with Crippen LogP contribution in [0, 0.1) is 11.2 Å². The standard InChI is InChI=1S/C18H22FN5O2/c1-3-4-10-26-15-9-8-12(19)11-13(15)18(25)23-16-7-5-6-14(22-16)17(20)24(2)21/h5-9,11,20H,3-4,10,21H2,1-2H3,(H,22,23,25). The first kappa shape index (κ1) is 19.3. The summed E-state index contributed by atoms with van der Waals surface area (Å²) < 4.78 is 19.2. The summed E-state index contributed by atoms with van der Waals surface area (Å²) in [6.07, 6.45) is 1.78. The predicted octanol–water partition coefficient (Wildman–Crippen LogP) is 2.78. The zero-order valence-electron chi connectivity index (χ0n) is 14.8. The van der Waals surface area contributed by atoms with E-state index >= 15 is 0 Å². The second kappa shape index (κ2) is 8.91. The molecule has 2 aromatic rings. The second-order valence-corrected chi connectivity index (χ2v) is 5.66. The Hall–Kier alpha value is -3.00. The summed E-state index contributed by atoms with van der Waals surface area (Å²) in [5.41, 5.74) is 0.380. The first-order valence-corrected chi connectivity index (χ1v) is 8.20. The van der Waals surface area contributed by atoms with Gasteiger partial charge < -0.3 is 10.1 Å². The third-order valence-corrected chi connectivity index (χ3v) is 3.53. The minimum atomic E-state index is -0.548. The molecule has 0 saturated heterocycles. The number of benzene rings is 1. The molecule has 0 unspecified atom stereocenters. The highest BCUT2D eigenvalue weighted by Crippen LogP contribution is 2.21. The van der Waals surface area contributed by atoms with Gasteiger partial charge in [0.2, 0.25) is 0 Å². The summed E-state index contributed by atoms with van der Waals surface area (Å²) >= 11 is 0. The molecule has 26 heavy (non-hydrogen) atoms. The van der Waals surface area contributed by atoms with Crippen molar-refractivity contribution in [2.75, 3.05) is 19.0 Å². The monoisotopic (exact) mass is 359 g/mol.